The summed E-state index contributed by atoms with van der Waals surface area (Å²) in [4.78, 5) is 20.7. The van der Waals surface area contributed by atoms with Gasteiger partial charge in [0.15, 0.2) is 0 Å². The van der Waals surface area contributed by atoms with Crippen LogP contribution < -0.4 is 11.1 Å². The number of carbonyl (C=O) groups is 2. The van der Waals surface area contributed by atoms with Gasteiger partial charge in [0, 0.05) is 12.5 Å². The van der Waals surface area contributed by atoms with Crippen molar-refractivity contribution in [2.45, 2.75) is 32.4 Å². The van der Waals surface area contributed by atoms with E-state index >= 15 is 0 Å². The van der Waals surface area contributed by atoms with Crippen LogP contribution in [0.3, 0.4) is 0 Å². The van der Waals surface area contributed by atoms with E-state index in [1.807, 2.05) is 0 Å². The number of nitrogens with two attached hydrogens (primary N) is 1. The van der Waals surface area contributed by atoms with Crippen LogP contribution in [-0.4, -0.2) is 29.1 Å². The standard InChI is InChI=1S/C7H14N2O3/c1-4(3-6(8)10)9-5(2)7(11)12/h4-5,9H,3H2,1-2H3,(H2,8,10)(H,11,12). The van der Waals surface area contributed by atoms with Crippen molar-refractivity contribution in [3.63, 3.8) is 0 Å². The second kappa shape index (κ2) is 4.71. The second-order valence-electron chi connectivity index (χ2n) is 2.80. The van der Waals surface area contributed by atoms with E-state index in [4.69, 9.17) is 10.8 Å². The van der Waals surface area contributed by atoms with E-state index in [0.717, 1.165) is 0 Å². The predicted octanol–water partition coefficient (Wildman–Crippen LogP) is -0.687. The number of carboxylic acid groups (broad SMARTS) is 1. The van der Waals surface area contributed by atoms with Crippen LogP contribution in [0, 0.1) is 0 Å². The summed E-state index contributed by atoms with van der Waals surface area (Å²) < 4.78 is 0. The van der Waals surface area contributed by atoms with Crippen molar-refractivity contribution in [2.75, 3.05) is 0 Å². The van der Waals surface area contributed by atoms with Crippen LogP contribution in [0.5, 0.6) is 0 Å². The molecule has 0 aliphatic heterocycles. The molecule has 12 heavy (non-hydrogen) atoms. The van der Waals surface area contributed by atoms with Gasteiger partial charge in [-0.2, -0.15) is 0 Å². The molecule has 0 saturated heterocycles. The zero-order valence-corrected chi connectivity index (χ0v) is 7.20. The Hall–Kier alpha value is -1.10. The Kier molecular flexibility index (Phi) is 4.28. The first-order valence-corrected chi connectivity index (χ1v) is 3.70. The first kappa shape index (κ1) is 10.9. The van der Waals surface area contributed by atoms with Crippen LogP contribution in [0.1, 0.15) is 20.3 Å². The first-order chi connectivity index (χ1) is 5.43. The Balaban J connectivity index is 3.76. The van der Waals surface area contributed by atoms with Crippen molar-refractivity contribution < 1.29 is 14.7 Å². The fourth-order valence-corrected chi connectivity index (χ4v) is 0.859. The molecule has 0 spiro atoms. The molecule has 0 rings (SSSR count). The number of amides is 1. The summed E-state index contributed by atoms with van der Waals surface area (Å²) in [7, 11) is 0. The lowest BCUT2D eigenvalue weighted by molar-refractivity contribution is -0.139. The minimum absolute atomic E-state index is 0.150. The maximum atomic E-state index is 10.4. The largest absolute Gasteiger partial charge is 0.480 e. The Morgan fingerprint density at radius 1 is 1.50 bits per heavy atom. The SMILES string of the molecule is CC(CC(N)=O)NC(C)C(=O)O. The molecule has 0 bridgehead atoms. The Morgan fingerprint density at radius 3 is 2.33 bits per heavy atom. The predicted molar refractivity (Wildman–Crippen MR) is 43.5 cm³/mol. The minimum atomic E-state index is -0.939. The quantitative estimate of drug-likeness (QED) is 0.514. The average molecular weight is 174 g/mol. The average Bonchev–Trinajstić information content (AvgIpc) is 1.84. The lowest BCUT2D eigenvalue weighted by atomic mass is 10.2. The second-order valence-corrected chi connectivity index (χ2v) is 2.80. The summed E-state index contributed by atoms with van der Waals surface area (Å²) in [5, 5.41) is 11.2. The van der Waals surface area contributed by atoms with Gasteiger partial charge in [0.25, 0.3) is 0 Å². The Labute approximate surface area is 70.9 Å². The summed E-state index contributed by atoms with van der Waals surface area (Å²) in [5.74, 6) is -1.38. The third-order valence-electron chi connectivity index (χ3n) is 1.41. The molecule has 0 radical (unpaired) electrons. The molecule has 0 aromatic heterocycles. The van der Waals surface area contributed by atoms with Gasteiger partial charge in [-0.25, -0.2) is 0 Å². The van der Waals surface area contributed by atoms with Crippen molar-refractivity contribution in [3.8, 4) is 0 Å². The molecule has 0 heterocycles. The third-order valence-corrected chi connectivity index (χ3v) is 1.41. The minimum Gasteiger partial charge on any atom is -0.480 e. The van der Waals surface area contributed by atoms with Crippen molar-refractivity contribution in [1.29, 1.82) is 0 Å². The number of primary amides is 1. The molecule has 5 nitrogen and oxygen atoms in total. The van der Waals surface area contributed by atoms with E-state index in [0.29, 0.717) is 0 Å². The number of hydrogen-bond acceptors (Lipinski definition) is 3. The number of rotatable bonds is 5. The van der Waals surface area contributed by atoms with Crippen LogP contribution in [0.4, 0.5) is 0 Å². The monoisotopic (exact) mass is 174 g/mol. The molecular weight excluding hydrogens is 160 g/mol. The van der Waals surface area contributed by atoms with Crippen LogP contribution in [-0.2, 0) is 9.59 Å². The molecule has 0 aromatic carbocycles. The molecule has 4 N–H and O–H groups in total. The number of nitrogens with one attached hydrogen (secondary N) is 1. The molecule has 0 aliphatic rings. The van der Waals surface area contributed by atoms with Gasteiger partial charge in [-0.1, -0.05) is 0 Å². The molecule has 0 saturated carbocycles. The van der Waals surface area contributed by atoms with E-state index in [-0.39, 0.29) is 12.5 Å². The van der Waals surface area contributed by atoms with Crippen molar-refractivity contribution in [1.82, 2.24) is 5.32 Å². The smallest absolute Gasteiger partial charge is 0.320 e. The normalized spacial score (nSPS) is 15.2. The highest BCUT2D eigenvalue weighted by Gasteiger charge is 2.14. The van der Waals surface area contributed by atoms with Gasteiger partial charge >= 0.3 is 5.97 Å². The lowest BCUT2D eigenvalue weighted by Crippen LogP contribution is -2.41. The van der Waals surface area contributed by atoms with Gasteiger partial charge in [0.2, 0.25) is 5.91 Å². The van der Waals surface area contributed by atoms with Crippen molar-refractivity contribution in [3.05, 3.63) is 0 Å². The fraction of sp³-hybridized carbons (Fsp3) is 0.714. The number of carbonyl (C=O) groups excluding carboxylic acids is 1. The van der Waals surface area contributed by atoms with E-state index < -0.39 is 17.9 Å². The first-order valence-electron chi connectivity index (χ1n) is 3.70. The molecule has 1 amide bonds. The Morgan fingerprint density at radius 2 is 2.00 bits per heavy atom. The molecule has 2 unspecified atom stereocenters. The van der Waals surface area contributed by atoms with Crippen LogP contribution in [0.25, 0.3) is 0 Å². The summed E-state index contributed by atoms with van der Waals surface area (Å²) in [6.07, 6.45) is 0.150. The summed E-state index contributed by atoms with van der Waals surface area (Å²) in [5.41, 5.74) is 4.92. The van der Waals surface area contributed by atoms with E-state index in [9.17, 15) is 9.59 Å². The topological polar surface area (TPSA) is 92.4 Å². The number of carboxylic acids is 1. The zero-order valence-electron chi connectivity index (χ0n) is 7.20. The summed E-state index contributed by atoms with van der Waals surface area (Å²) >= 11 is 0. The molecule has 70 valence electrons. The number of hydrogen-bond donors (Lipinski definition) is 3. The zero-order chi connectivity index (χ0) is 9.72. The van der Waals surface area contributed by atoms with Gasteiger partial charge in [-0.3, -0.25) is 9.59 Å². The van der Waals surface area contributed by atoms with Gasteiger partial charge in [-0.15, -0.1) is 0 Å². The van der Waals surface area contributed by atoms with E-state index in [1.54, 1.807) is 6.92 Å². The van der Waals surface area contributed by atoms with E-state index in [1.165, 1.54) is 6.92 Å². The molecular formula is C7H14N2O3. The fourth-order valence-electron chi connectivity index (χ4n) is 0.859. The molecule has 5 heteroatoms. The maximum Gasteiger partial charge on any atom is 0.320 e. The van der Waals surface area contributed by atoms with E-state index in [2.05, 4.69) is 5.32 Å². The van der Waals surface area contributed by atoms with Crippen LogP contribution in [0.15, 0.2) is 0 Å². The van der Waals surface area contributed by atoms with Gasteiger partial charge in [0.1, 0.15) is 6.04 Å². The summed E-state index contributed by atoms with van der Waals surface area (Å²) in [6, 6.07) is -0.854. The van der Waals surface area contributed by atoms with Gasteiger partial charge < -0.3 is 16.2 Å². The van der Waals surface area contributed by atoms with Gasteiger partial charge in [0.05, 0.1) is 0 Å². The highest BCUT2D eigenvalue weighted by atomic mass is 16.4. The molecule has 0 fully saturated rings. The third kappa shape index (κ3) is 4.68. The molecule has 0 aliphatic carbocycles. The van der Waals surface area contributed by atoms with Crippen LogP contribution >= 0.6 is 0 Å². The summed E-state index contributed by atoms with van der Waals surface area (Å²) in [6.45, 7) is 3.23. The van der Waals surface area contributed by atoms with Crippen LogP contribution in [0.2, 0.25) is 0 Å². The lowest BCUT2D eigenvalue weighted by Gasteiger charge is -2.14. The number of aliphatic carboxylic acids is 1. The van der Waals surface area contributed by atoms with Crippen molar-refractivity contribution >= 4 is 11.9 Å². The Bertz CT molecular complexity index is 181. The van der Waals surface area contributed by atoms with Gasteiger partial charge in [-0.05, 0) is 13.8 Å². The van der Waals surface area contributed by atoms with Crippen molar-refractivity contribution in [2.24, 2.45) is 5.73 Å². The maximum absolute atomic E-state index is 10.4. The highest BCUT2D eigenvalue weighted by Crippen LogP contribution is 1.92. The molecule has 2 atom stereocenters. The molecule has 0 aromatic rings. The highest BCUT2D eigenvalue weighted by molar-refractivity contribution is 5.75.